The SMILES string of the molecule is C#C.CCCNCc1nc2c([nH]1)CCc1cc(-c3ccc4c(c3)CCc3[nH]c([C@@H]5CCCN5)nc3-4)ccc1-2. The molecule has 1 fully saturated rings. The lowest BCUT2D eigenvalue weighted by atomic mass is 9.87. The Balaban J connectivity index is 0.00000129. The summed E-state index contributed by atoms with van der Waals surface area (Å²) in [5.74, 6) is 2.16. The molecule has 2 aromatic heterocycles. The monoisotopic (exact) mass is 504 g/mol. The van der Waals surface area contributed by atoms with Gasteiger partial charge in [-0.2, -0.15) is 0 Å². The molecule has 0 bridgehead atoms. The molecule has 2 aliphatic carbocycles. The second-order valence-corrected chi connectivity index (χ2v) is 10.5. The van der Waals surface area contributed by atoms with Gasteiger partial charge in [0.15, 0.2) is 0 Å². The highest BCUT2D eigenvalue weighted by Gasteiger charge is 2.26. The van der Waals surface area contributed by atoms with Crippen LogP contribution in [-0.2, 0) is 32.2 Å². The summed E-state index contributed by atoms with van der Waals surface area (Å²) in [5.41, 5.74) is 12.9. The van der Waals surface area contributed by atoms with Crippen molar-refractivity contribution in [3.63, 3.8) is 0 Å². The maximum absolute atomic E-state index is 5.05. The van der Waals surface area contributed by atoms with Gasteiger partial charge in [0.25, 0.3) is 0 Å². The number of imidazole rings is 2. The second kappa shape index (κ2) is 10.6. The van der Waals surface area contributed by atoms with Gasteiger partial charge in [0.05, 0.1) is 24.0 Å². The summed E-state index contributed by atoms with van der Waals surface area (Å²) < 4.78 is 0. The molecule has 0 spiro atoms. The largest absolute Gasteiger partial charge is 0.344 e. The molecule has 1 atom stereocenters. The van der Waals surface area contributed by atoms with Crippen LogP contribution in [0.25, 0.3) is 33.6 Å². The summed E-state index contributed by atoms with van der Waals surface area (Å²) in [5, 5.41) is 7.04. The third-order valence-electron chi connectivity index (χ3n) is 8.08. The Morgan fingerprint density at radius 1 is 0.868 bits per heavy atom. The van der Waals surface area contributed by atoms with Crippen LogP contribution in [0.4, 0.5) is 0 Å². The zero-order valence-electron chi connectivity index (χ0n) is 22.2. The van der Waals surface area contributed by atoms with Crippen LogP contribution in [0, 0.1) is 12.8 Å². The third kappa shape index (κ3) is 4.47. The molecule has 6 nitrogen and oxygen atoms in total. The third-order valence-corrected chi connectivity index (χ3v) is 8.08. The van der Waals surface area contributed by atoms with Gasteiger partial charge < -0.3 is 20.6 Å². The summed E-state index contributed by atoms with van der Waals surface area (Å²) in [4.78, 5) is 17.2. The van der Waals surface area contributed by atoms with E-state index in [2.05, 4.69) is 76.8 Å². The minimum atomic E-state index is 0.382. The van der Waals surface area contributed by atoms with E-state index in [4.69, 9.17) is 9.97 Å². The van der Waals surface area contributed by atoms with E-state index in [1.807, 2.05) is 0 Å². The lowest BCUT2D eigenvalue weighted by Gasteiger charge is -2.18. The Morgan fingerprint density at radius 2 is 1.53 bits per heavy atom. The number of rotatable bonds is 6. The van der Waals surface area contributed by atoms with E-state index < -0.39 is 0 Å². The summed E-state index contributed by atoms with van der Waals surface area (Å²) in [6, 6.07) is 14.3. The van der Waals surface area contributed by atoms with Crippen molar-refractivity contribution < 1.29 is 0 Å². The van der Waals surface area contributed by atoms with Crippen LogP contribution in [0.5, 0.6) is 0 Å². The van der Waals surface area contributed by atoms with Crippen LogP contribution in [0.3, 0.4) is 0 Å². The van der Waals surface area contributed by atoms with Gasteiger partial charge in [0, 0.05) is 22.5 Å². The first-order chi connectivity index (χ1) is 18.8. The molecule has 1 aliphatic heterocycles. The van der Waals surface area contributed by atoms with Gasteiger partial charge in [-0.25, -0.2) is 9.97 Å². The molecule has 6 heteroatoms. The average molecular weight is 505 g/mol. The van der Waals surface area contributed by atoms with Crippen LogP contribution in [0.15, 0.2) is 36.4 Å². The topological polar surface area (TPSA) is 81.4 Å². The number of nitrogens with one attached hydrogen (secondary N) is 4. The van der Waals surface area contributed by atoms with Crippen molar-refractivity contribution in [2.45, 2.75) is 64.5 Å². The van der Waals surface area contributed by atoms with Gasteiger partial charge in [-0.15, -0.1) is 12.8 Å². The van der Waals surface area contributed by atoms with Crippen LogP contribution >= 0.6 is 0 Å². The molecular weight excluding hydrogens is 468 g/mol. The van der Waals surface area contributed by atoms with Crippen LogP contribution < -0.4 is 10.6 Å². The molecule has 4 aromatic rings. The molecule has 2 aromatic carbocycles. The zero-order chi connectivity index (χ0) is 26.1. The Hall–Kier alpha value is -3.66. The number of aromatic amines is 2. The van der Waals surface area contributed by atoms with Gasteiger partial charge in [0.2, 0.25) is 0 Å². The fraction of sp³-hybridized carbons (Fsp3) is 0.375. The Kier molecular flexibility index (Phi) is 6.88. The van der Waals surface area contributed by atoms with Crippen LogP contribution in [0.1, 0.15) is 66.4 Å². The lowest BCUT2D eigenvalue weighted by Crippen LogP contribution is -2.14. The highest BCUT2D eigenvalue weighted by Crippen LogP contribution is 2.38. The molecule has 7 rings (SSSR count). The molecule has 3 aliphatic rings. The highest BCUT2D eigenvalue weighted by molar-refractivity contribution is 5.78. The predicted octanol–water partition coefficient (Wildman–Crippen LogP) is 5.50. The standard InChI is InChI=1S/C30H34N6.C2H2/c1-2-13-31-17-27-33-24-11-7-20-15-18(5-9-22(20)28(24)35-27)19-6-10-23-21(16-19)8-12-25-29(23)36-30(34-25)26-4-3-14-32-26;1-2/h5-6,9-10,15-16,26,31-32H,2-4,7-8,11-14,17H2,1H3,(H,33,35)(H,34,36);1-2H/t26-;/m0./s1. The zero-order valence-corrected chi connectivity index (χ0v) is 22.2. The van der Waals surface area contributed by atoms with E-state index in [-0.39, 0.29) is 0 Å². The molecule has 3 heterocycles. The van der Waals surface area contributed by atoms with Gasteiger partial charge in [-0.3, -0.25) is 0 Å². The normalized spacial score (nSPS) is 17.1. The molecule has 4 N–H and O–H groups in total. The maximum Gasteiger partial charge on any atom is 0.124 e. The van der Waals surface area contributed by atoms with Crippen molar-refractivity contribution in [1.82, 2.24) is 30.6 Å². The van der Waals surface area contributed by atoms with Gasteiger partial charge >= 0.3 is 0 Å². The van der Waals surface area contributed by atoms with E-state index >= 15 is 0 Å². The van der Waals surface area contributed by atoms with Crippen LogP contribution in [0.2, 0.25) is 0 Å². The number of H-pyrrole nitrogens is 2. The van der Waals surface area contributed by atoms with Crippen LogP contribution in [-0.4, -0.2) is 33.0 Å². The molecule has 194 valence electrons. The van der Waals surface area contributed by atoms with Crippen molar-refractivity contribution in [1.29, 1.82) is 0 Å². The Bertz CT molecular complexity index is 1470. The smallest absolute Gasteiger partial charge is 0.124 e. The van der Waals surface area contributed by atoms with E-state index in [0.29, 0.717) is 6.04 Å². The van der Waals surface area contributed by atoms with Gasteiger partial charge in [-0.05, 0) is 80.3 Å². The molecule has 1 saturated heterocycles. The van der Waals surface area contributed by atoms with E-state index in [9.17, 15) is 0 Å². The average Bonchev–Trinajstić information content (AvgIpc) is 3.73. The molecule has 38 heavy (non-hydrogen) atoms. The molecule has 0 radical (unpaired) electrons. The number of terminal acetylenes is 1. The number of benzene rings is 2. The second-order valence-electron chi connectivity index (χ2n) is 10.5. The highest BCUT2D eigenvalue weighted by atomic mass is 15.0. The molecule has 0 saturated carbocycles. The number of fused-ring (bicyclic) bond motifs is 6. The number of aryl methyl sites for hydroxylation is 4. The number of aromatic nitrogens is 4. The first kappa shape index (κ1) is 24.7. The summed E-state index contributed by atoms with van der Waals surface area (Å²) in [6.45, 7) is 5.11. The van der Waals surface area contributed by atoms with Crippen molar-refractivity contribution in [3.05, 3.63) is 70.6 Å². The number of hydrogen-bond acceptors (Lipinski definition) is 4. The summed E-state index contributed by atoms with van der Waals surface area (Å²) in [6.07, 6.45) is 15.7. The van der Waals surface area contributed by atoms with E-state index in [0.717, 1.165) is 74.8 Å². The minimum absolute atomic E-state index is 0.382. The molecule has 0 amide bonds. The van der Waals surface area contributed by atoms with E-state index in [1.165, 1.54) is 57.6 Å². The van der Waals surface area contributed by atoms with E-state index in [1.54, 1.807) is 0 Å². The summed E-state index contributed by atoms with van der Waals surface area (Å²) >= 11 is 0. The first-order valence-electron chi connectivity index (χ1n) is 14.0. The Labute approximate surface area is 225 Å². The number of nitrogens with zero attached hydrogens (tertiary/aromatic N) is 2. The minimum Gasteiger partial charge on any atom is -0.344 e. The molecular formula is C32H36N6. The van der Waals surface area contributed by atoms with Crippen molar-refractivity contribution in [2.75, 3.05) is 13.1 Å². The predicted molar refractivity (Wildman–Crippen MR) is 154 cm³/mol. The van der Waals surface area contributed by atoms with Gasteiger partial charge in [-0.1, -0.05) is 43.3 Å². The van der Waals surface area contributed by atoms with Crippen molar-refractivity contribution in [3.8, 4) is 46.5 Å². The fourth-order valence-electron chi connectivity index (χ4n) is 6.19. The van der Waals surface area contributed by atoms with Gasteiger partial charge in [0.1, 0.15) is 11.6 Å². The summed E-state index contributed by atoms with van der Waals surface area (Å²) in [7, 11) is 0. The quantitative estimate of drug-likeness (QED) is 0.206. The van der Waals surface area contributed by atoms with Crippen molar-refractivity contribution in [2.24, 2.45) is 0 Å². The fourth-order valence-corrected chi connectivity index (χ4v) is 6.19. The Morgan fingerprint density at radius 3 is 2.16 bits per heavy atom. The lowest BCUT2D eigenvalue weighted by molar-refractivity contribution is 0.611. The maximum atomic E-state index is 5.05. The molecule has 0 unspecified atom stereocenters. The number of hydrogen-bond donors (Lipinski definition) is 4. The van der Waals surface area contributed by atoms with Crippen molar-refractivity contribution >= 4 is 0 Å². The first-order valence-corrected chi connectivity index (χ1v) is 14.0.